The maximum Gasteiger partial charge on any atom is 0.165 e. The largest absolute Gasteiger partial charge is 0.272 e. The first-order valence-electron chi connectivity index (χ1n) is 4.43. The Morgan fingerprint density at radius 1 is 1.54 bits per heavy atom. The zero-order valence-corrected chi connectivity index (χ0v) is 8.10. The van der Waals surface area contributed by atoms with Crippen molar-refractivity contribution in [3.05, 3.63) is 5.82 Å². The highest BCUT2D eigenvalue weighted by Gasteiger charge is 2.37. The topological polar surface area (TPSA) is 56.0 Å². The van der Waals surface area contributed by atoms with Gasteiger partial charge in [-0.25, -0.2) is 0 Å². The summed E-state index contributed by atoms with van der Waals surface area (Å²) in [6, 6.07) is 0. The van der Waals surface area contributed by atoms with Crippen LogP contribution in [0.5, 0.6) is 0 Å². The molecule has 5 heteroatoms. The Labute approximate surface area is 76.9 Å². The van der Waals surface area contributed by atoms with Crippen LogP contribution >= 0.6 is 0 Å². The van der Waals surface area contributed by atoms with Gasteiger partial charge in [0.2, 0.25) is 0 Å². The predicted molar refractivity (Wildman–Crippen MR) is 48.8 cm³/mol. The summed E-state index contributed by atoms with van der Waals surface area (Å²) >= 11 is 0. The van der Waals surface area contributed by atoms with Crippen molar-refractivity contribution in [3.8, 4) is 0 Å². The summed E-state index contributed by atoms with van der Waals surface area (Å²) in [7, 11) is 0. The quantitative estimate of drug-likeness (QED) is 0.630. The highest BCUT2D eigenvalue weighted by Crippen LogP contribution is 2.31. The Kier molecular flexibility index (Phi) is 1.68. The Hall–Kier alpha value is -1.26. The van der Waals surface area contributed by atoms with Gasteiger partial charge in [0.15, 0.2) is 5.82 Å². The van der Waals surface area contributed by atoms with Crippen molar-refractivity contribution in [1.29, 1.82) is 0 Å². The first-order valence-corrected chi connectivity index (χ1v) is 4.43. The minimum atomic E-state index is -0.0295. The summed E-state index contributed by atoms with van der Waals surface area (Å²) in [5.41, 5.74) is -0.0295. The normalized spacial score (nSPS) is 26.5. The molecule has 0 aliphatic carbocycles. The van der Waals surface area contributed by atoms with Crippen molar-refractivity contribution in [2.45, 2.75) is 26.2 Å². The van der Waals surface area contributed by atoms with Crippen LogP contribution in [0.1, 0.15) is 26.6 Å². The molecule has 0 saturated heterocycles. The molecule has 1 aliphatic heterocycles. The molecule has 0 spiro atoms. The fourth-order valence-electron chi connectivity index (χ4n) is 1.47. The van der Waals surface area contributed by atoms with Gasteiger partial charge >= 0.3 is 0 Å². The lowest BCUT2D eigenvalue weighted by molar-refractivity contribution is 0.318. The molecule has 2 rings (SSSR count). The highest BCUT2D eigenvalue weighted by molar-refractivity contribution is 5.59. The first-order chi connectivity index (χ1) is 6.14. The molecule has 5 nitrogen and oxygen atoms in total. The monoisotopic (exact) mass is 179 g/mol. The van der Waals surface area contributed by atoms with Gasteiger partial charge in [-0.05, 0) is 16.3 Å². The average Bonchev–Trinajstić information content (AvgIpc) is 2.53. The van der Waals surface area contributed by atoms with Gasteiger partial charge in [0, 0.05) is 0 Å². The molecule has 0 fully saturated rings. The molecule has 2 heterocycles. The van der Waals surface area contributed by atoms with E-state index in [9.17, 15) is 0 Å². The van der Waals surface area contributed by atoms with E-state index in [0.29, 0.717) is 5.92 Å². The molecule has 13 heavy (non-hydrogen) atoms. The molecule has 1 aromatic heterocycles. The summed E-state index contributed by atoms with van der Waals surface area (Å²) in [6.07, 6.45) is 1.68. The minimum Gasteiger partial charge on any atom is -0.272 e. The fourth-order valence-corrected chi connectivity index (χ4v) is 1.47. The Bertz CT molecular complexity index is 340. The van der Waals surface area contributed by atoms with Crippen molar-refractivity contribution in [2.24, 2.45) is 10.9 Å². The van der Waals surface area contributed by atoms with Gasteiger partial charge in [-0.1, -0.05) is 20.8 Å². The summed E-state index contributed by atoms with van der Waals surface area (Å²) < 4.78 is 1.66. The molecule has 0 N–H and O–H groups in total. The van der Waals surface area contributed by atoms with E-state index in [1.807, 2.05) is 0 Å². The molecule has 0 amide bonds. The van der Waals surface area contributed by atoms with Crippen LogP contribution in [0.2, 0.25) is 0 Å². The molecular formula is C8H13N5. The van der Waals surface area contributed by atoms with Gasteiger partial charge in [-0.3, -0.25) is 4.99 Å². The first kappa shape index (κ1) is 8.34. The van der Waals surface area contributed by atoms with Gasteiger partial charge in [0.25, 0.3) is 0 Å². The minimum absolute atomic E-state index is 0.0295. The van der Waals surface area contributed by atoms with Crippen molar-refractivity contribution < 1.29 is 0 Å². The van der Waals surface area contributed by atoms with Gasteiger partial charge < -0.3 is 0 Å². The predicted octanol–water partition coefficient (Wildman–Crippen LogP) is 0.477. The van der Waals surface area contributed by atoms with Crippen molar-refractivity contribution in [3.63, 3.8) is 0 Å². The van der Waals surface area contributed by atoms with Gasteiger partial charge in [0.1, 0.15) is 6.34 Å². The summed E-state index contributed by atoms with van der Waals surface area (Å²) in [6.45, 7) is 7.25. The van der Waals surface area contributed by atoms with Crippen molar-refractivity contribution in [2.75, 3.05) is 6.54 Å². The maximum absolute atomic E-state index is 4.26. The standard InChI is InChI=1S/C8H13N5/c1-6(2)8(3)4-9-5-13-7(8)10-11-12-13/h5-6H,4H2,1-3H3. The van der Waals surface area contributed by atoms with Crippen LogP contribution in [-0.4, -0.2) is 33.1 Å². The molecule has 1 atom stereocenters. The van der Waals surface area contributed by atoms with Crippen LogP contribution in [0.4, 0.5) is 0 Å². The summed E-state index contributed by atoms with van der Waals surface area (Å²) in [5.74, 6) is 1.40. The third-order valence-corrected chi connectivity index (χ3v) is 2.89. The third-order valence-electron chi connectivity index (χ3n) is 2.89. The molecule has 70 valence electrons. The second-order valence-corrected chi connectivity index (χ2v) is 3.98. The number of rotatable bonds is 1. The van der Waals surface area contributed by atoms with Crippen molar-refractivity contribution >= 4 is 6.34 Å². The van der Waals surface area contributed by atoms with Crippen LogP contribution in [0.25, 0.3) is 0 Å². The Morgan fingerprint density at radius 2 is 2.31 bits per heavy atom. The summed E-state index contributed by atoms with van der Waals surface area (Å²) in [4.78, 5) is 4.26. The second kappa shape index (κ2) is 2.61. The molecule has 0 radical (unpaired) electrons. The van der Waals surface area contributed by atoms with E-state index in [1.54, 1.807) is 11.0 Å². The van der Waals surface area contributed by atoms with E-state index in [4.69, 9.17) is 0 Å². The number of hydrogen-bond donors (Lipinski definition) is 0. The Balaban J connectivity index is 2.51. The summed E-state index contributed by atoms with van der Waals surface area (Å²) in [5, 5.41) is 11.5. The number of aliphatic imine (C=N–C) groups is 1. The molecule has 0 aromatic carbocycles. The van der Waals surface area contributed by atoms with Crippen LogP contribution in [0, 0.1) is 5.92 Å². The number of nitrogens with zero attached hydrogens (tertiary/aromatic N) is 5. The number of hydrogen-bond acceptors (Lipinski definition) is 4. The van der Waals surface area contributed by atoms with Crippen LogP contribution in [0.3, 0.4) is 0 Å². The van der Waals surface area contributed by atoms with Gasteiger partial charge in [-0.15, -0.1) is 5.10 Å². The number of tetrazole rings is 1. The van der Waals surface area contributed by atoms with Crippen LogP contribution in [-0.2, 0) is 5.41 Å². The van der Waals surface area contributed by atoms with E-state index in [1.165, 1.54) is 0 Å². The molecule has 1 aliphatic rings. The molecule has 1 unspecified atom stereocenters. The highest BCUT2D eigenvalue weighted by atomic mass is 15.6. The van der Waals surface area contributed by atoms with E-state index >= 15 is 0 Å². The van der Waals surface area contributed by atoms with E-state index < -0.39 is 0 Å². The zero-order valence-electron chi connectivity index (χ0n) is 8.10. The zero-order chi connectivity index (χ0) is 9.47. The molecular weight excluding hydrogens is 166 g/mol. The second-order valence-electron chi connectivity index (χ2n) is 3.98. The Morgan fingerprint density at radius 3 is 3.00 bits per heavy atom. The maximum atomic E-state index is 4.26. The van der Waals surface area contributed by atoms with Gasteiger partial charge in [-0.2, -0.15) is 4.68 Å². The van der Waals surface area contributed by atoms with Gasteiger partial charge in [0.05, 0.1) is 12.0 Å². The lowest BCUT2D eigenvalue weighted by Crippen LogP contribution is -2.38. The lowest BCUT2D eigenvalue weighted by atomic mass is 9.78. The van der Waals surface area contributed by atoms with E-state index in [0.717, 1.165) is 12.4 Å². The van der Waals surface area contributed by atoms with Crippen LogP contribution < -0.4 is 0 Å². The SMILES string of the molecule is CC(C)C1(C)CN=Cn2nnnc21. The molecule has 0 saturated carbocycles. The molecule has 1 aromatic rings. The number of aromatic nitrogens is 4. The van der Waals surface area contributed by atoms with E-state index in [-0.39, 0.29) is 5.41 Å². The molecule has 0 bridgehead atoms. The average molecular weight is 179 g/mol. The smallest absolute Gasteiger partial charge is 0.165 e. The lowest BCUT2D eigenvalue weighted by Gasteiger charge is -2.31. The van der Waals surface area contributed by atoms with E-state index in [2.05, 4.69) is 41.3 Å². The number of fused-ring (bicyclic) bond motifs is 1. The fraction of sp³-hybridized carbons (Fsp3) is 0.750. The van der Waals surface area contributed by atoms with Crippen LogP contribution in [0.15, 0.2) is 4.99 Å². The van der Waals surface area contributed by atoms with Crippen molar-refractivity contribution in [1.82, 2.24) is 20.2 Å². The third kappa shape index (κ3) is 1.07.